The second kappa shape index (κ2) is 9.54. The average molecular weight is 236 g/mol. The summed E-state index contributed by atoms with van der Waals surface area (Å²) in [5, 5.41) is 0. The minimum Gasteiger partial charge on any atom is -0.369 e. The molecule has 1 heterocycles. The van der Waals surface area contributed by atoms with Crippen LogP contribution in [0, 0.1) is 12.3 Å². The topological polar surface area (TPSA) is 12.5 Å². The van der Waals surface area contributed by atoms with Crippen LogP contribution < -0.4 is 0 Å². The third kappa shape index (κ3) is 7.45. The predicted octanol–water partition coefficient (Wildman–Crippen LogP) is 4.70. The van der Waals surface area contributed by atoms with Crippen molar-refractivity contribution in [2.75, 3.05) is 0 Å². The molecule has 0 bridgehead atoms. The molecule has 0 aromatic carbocycles. The Kier molecular flexibility index (Phi) is 8.18. The summed E-state index contributed by atoms with van der Waals surface area (Å²) in [6.45, 7) is 2.27. The molecular weight excluding hydrogens is 208 g/mol. The van der Waals surface area contributed by atoms with Crippen molar-refractivity contribution in [3.8, 4) is 12.3 Å². The van der Waals surface area contributed by atoms with E-state index in [2.05, 4.69) is 12.8 Å². The van der Waals surface area contributed by atoms with E-state index in [1.807, 2.05) is 0 Å². The first-order valence-corrected chi connectivity index (χ1v) is 7.47. The summed E-state index contributed by atoms with van der Waals surface area (Å²) in [4.78, 5) is 0. The third-order valence-corrected chi connectivity index (χ3v) is 3.60. The van der Waals surface area contributed by atoms with Crippen molar-refractivity contribution in [1.82, 2.24) is 0 Å². The zero-order valence-corrected chi connectivity index (χ0v) is 11.4. The lowest BCUT2D eigenvalue weighted by Gasteiger charge is -2.01. The van der Waals surface area contributed by atoms with E-state index in [0.29, 0.717) is 12.2 Å². The maximum absolute atomic E-state index is 5.49. The Morgan fingerprint density at radius 2 is 1.47 bits per heavy atom. The highest BCUT2D eigenvalue weighted by Crippen LogP contribution is 2.29. The Morgan fingerprint density at radius 1 is 0.882 bits per heavy atom. The fraction of sp³-hybridized carbons (Fsp3) is 0.875. The molecule has 1 fully saturated rings. The molecule has 1 heteroatoms. The second-order valence-electron chi connectivity index (χ2n) is 5.24. The average Bonchev–Trinajstić information content (AvgIpc) is 3.06. The normalized spacial score (nSPS) is 22.4. The maximum atomic E-state index is 5.49. The molecule has 2 atom stereocenters. The number of epoxide rings is 1. The minimum atomic E-state index is 0.397. The molecule has 0 N–H and O–H groups in total. The lowest BCUT2D eigenvalue weighted by molar-refractivity contribution is 0.359. The molecule has 0 unspecified atom stereocenters. The van der Waals surface area contributed by atoms with E-state index < -0.39 is 0 Å². The van der Waals surface area contributed by atoms with E-state index in [4.69, 9.17) is 11.2 Å². The zero-order chi connectivity index (χ0) is 12.3. The molecule has 0 aromatic heterocycles. The molecule has 1 rings (SSSR count). The molecule has 1 nitrogen and oxygen atoms in total. The van der Waals surface area contributed by atoms with Gasteiger partial charge in [-0.3, -0.25) is 0 Å². The maximum Gasteiger partial charge on any atom is 0.0950 e. The fourth-order valence-corrected chi connectivity index (χ4v) is 2.38. The molecule has 1 aliphatic rings. The monoisotopic (exact) mass is 236 g/mol. The van der Waals surface area contributed by atoms with E-state index in [0.717, 1.165) is 6.42 Å². The van der Waals surface area contributed by atoms with Gasteiger partial charge < -0.3 is 4.74 Å². The van der Waals surface area contributed by atoms with Gasteiger partial charge in [-0.2, -0.15) is 0 Å². The van der Waals surface area contributed by atoms with Gasteiger partial charge in [0.2, 0.25) is 0 Å². The van der Waals surface area contributed by atoms with Gasteiger partial charge in [0.25, 0.3) is 0 Å². The van der Waals surface area contributed by atoms with Gasteiger partial charge in [-0.05, 0) is 6.42 Å². The standard InChI is InChI=1S/C16H28O/c1-3-5-6-7-8-9-10-11-12-14-16-15(17-16)13-4-2/h2,15-16H,3,5-14H2,1H3/t15-,16-/m1/s1. The van der Waals surface area contributed by atoms with Crippen LogP contribution in [-0.2, 0) is 4.74 Å². The highest BCUT2D eigenvalue weighted by atomic mass is 16.6. The highest BCUT2D eigenvalue weighted by Gasteiger charge is 2.36. The molecule has 17 heavy (non-hydrogen) atoms. The van der Waals surface area contributed by atoms with Crippen molar-refractivity contribution in [3.63, 3.8) is 0 Å². The Hall–Kier alpha value is -0.480. The van der Waals surface area contributed by atoms with Crippen molar-refractivity contribution in [2.45, 2.75) is 89.8 Å². The molecule has 0 saturated carbocycles. The summed E-state index contributed by atoms with van der Waals surface area (Å²) in [5.74, 6) is 2.67. The molecule has 98 valence electrons. The summed E-state index contributed by atoms with van der Waals surface area (Å²) in [6.07, 6.45) is 20.7. The first-order valence-electron chi connectivity index (χ1n) is 7.47. The van der Waals surface area contributed by atoms with Crippen LogP contribution in [0.4, 0.5) is 0 Å². The van der Waals surface area contributed by atoms with E-state index in [-0.39, 0.29) is 0 Å². The molecule has 1 saturated heterocycles. The second-order valence-corrected chi connectivity index (χ2v) is 5.24. The Bertz CT molecular complexity index is 216. The van der Waals surface area contributed by atoms with Crippen molar-refractivity contribution in [2.24, 2.45) is 0 Å². The first-order chi connectivity index (χ1) is 8.38. The molecule has 0 aliphatic carbocycles. The van der Waals surface area contributed by atoms with Crippen LogP contribution in [0.1, 0.15) is 77.6 Å². The van der Waals surface area contributed by atoms with Crippen LogP contribution in [0.3, 0.4) is 0 Å². The summed E-state index contributed by atoms with van der Waals surface area (Å²) in [7, 11) is 0. The number of hydrogen-bond donors (Lipinski definition) is 0. The van der Waals surface area contributed by atoms with Gasteiger partial charge in [0.15, 0.2) is 0 Å². The first kappa shape index (κ1) is 14.6. The number of hydrogen-bond acceptors (Lipinski definition) is 1. The van der Waals surface area contributed by atoms with Crippen LogP contribution in [0.5, 0.6) is 0 Å². The summed E-state index contributed by atoms with van der Waals surface area (Å²) in [6, 6.07) is 0. The van der Waals surface area contributed by atoms with Gasteiger partial charge in [-0.1, -0.05) is 64.7 Å². The van der Waals surface area contributed by atoms with Crippen LogP contribution in [0.25, 0.3) is 0 Å². The summed E-state index contributed by atoms with van der Waals surface area (Å²) in [5.41, 5.74) is 0. The van der Waals surface area contributed by atoms with E-state index >= 15 is 0 Å². The lowest BCUT2D eigenvalue weighted by Crippen LogP contribution is -1.92. The van der Waals surface area contributed by atoms with Gasteiger partial charge in [0.05, 0.1) is 12.2 Å². The number of unbranched alkanes of at least 4 members (excludes halogenated alkanes) is 8. The molecular formula is C16H28O. The molecule has 0 amide bonds. The van der Waals surface area contributed by atoms with Crippen molar-refractivity contribution in [1.29, 1.82) is 0 Å². The van der Waals surface area contributed by atoms with Crippen LogP contribution in [0.15, 0.2) is 0 Å². The van der Waals surface area contributed by atoms with E-state index in [1.165, 1.54) is 64.2 Å². The smallest absolute Gasteiger partial charge is 0.0950 e. The largest absolute Gasteiger partial charge is 0.369 e. The molecule has 1 aliphatic heterocycles. The van der Waals surface area contributed by atoms with Gasteiger partial charge in [0.1, 0.15) is 0 Å². The van der Waals surface area contributed by atoms with Crippen molar-refractivity contribution < 1.29 is 4.74 Å². The zero-order valence-electron chi connectivity index (χ0n) is 11.4. The molecule has 0 spiro atoms. The third-order valence-electron chi connectivity index (χ3n) is 3.60. The number of rotatable bonds is 11. The van der Waals surface area contributed by atoms with Gasteiger partial charge in [0, 0.05) is 6.42 Å². The van der Waals surface area contributed by atoms with Crippen LogP contribution in [-0.4, -0.2) is 12.2 Å². The fourth-order valence-electron chi connectivity index (χ4n) is 2.38. The Labute approximate surface area is 107 Å². The highest BCUT2D eigenvalue weighted by molar-refractivity contribution is 4.96. The van der Waals surface area contributed by atoms with Gasteiger partial charge in [-0.15, -0.1) is 12.3 Å². The van der Waals surface area contributed by atoms with Gasteiger partial charge >= 0.3 is 0 Å². The van der Waals surface area contributed by atoms with E-state index in [1.54, 1.807) is 0 Å². The number of terminal acetylenes is 1. The Balaban J connectivity index is 1.73. The van der Waals surface area contributed by atoms with Crippen LogP contribution >= 0.6 is 0 Å². The lowest BCUT2D eigenvalue weighted by atomic mass is 10.0. The van der Waals surface area contributed by atoms with E-state index in [9.17, 15) is 0 Å². The summed E-state index contributed by atoms with van der Waals surface area (Å²) >= 11 is 0. The SMILES string of the molecule is C#CC[C@H]1O[C@@H]1CCCCCCCCCCC. The van der Waals surface area contributed by atoms with Gasteiger partial charge in [-0.25, -0.2) is 0 Å². The van der Waals surface area contributed by atoms with Crippen molar-refractivity contribution >= 4 is 0 Å². The predicted molar refractivity (Wildman–Crippen MR) is 74.0 cm³/mol. The van der Waals surface area contributed by atoms with Crippen LogP contribution in [0.2, 0.25) is 0 Å². The summed E-state index contributed by atoms with van der Waals surface area (Å²) < 4.78 is 5.49. The minimum absolute atomic E-state index is 0.397. The molecule has 0 aromatic rings. The quantitative estimate of drug-likeness (QED) is 0.288. The number of ether oxygens (including phenoxy) is 1. The Morgan fingerprint density at radius 3 is 2.06 bits per heavy atom. The molecule has 0 radical (unpaired) electrons. The van der Waals surface area contributed by atoms with Crippen molar-refractivity contribution in [3.05, 3.63) is 0 Å².